The molecule has 6 heterocycles. The number of hydrogen-bond acceptors (Lipinski definition) is 14. The molecule has 3 aromatic heterocycles. The van der Waals surface area contributed by atoms with Crippen molar-refractivity contribution in [1.29, 1.82) is 0 Å². The normalized spacial score (nSPS) is 38.9. The number of nitrogens with zero attached hydrogens (tertiary/aromatic N) is 6. The van der Waals surface area contributed by atoms with Gasteiger partial charge in [0.05, 0.1) is 36.9 Å². The van der Waals surface area contributed by atoms with E-state index < -0.39 is 75.9 Å². The van der Waals surface area contributed by atoms with E-state index >= 15 is 4.39 Å². The van der Waals surface area contributed by atoms with Gasteiger partial charge in [0.1, 0.15) is 42.4 Å². The average molecular weight is 676 g/mol. The molecule has 3 aliphatic rings. The summed E-state index contributed by atoms with van der Waals surface area (Å²) in [6.07, 6.45) is -7.20. The van der Waals surface area contributed by atoms with Gasteiger partial charge in [-0.15, -0.1) is 0 Å². The van der Waals surface area contributed by atoms with E-state index in [1.165, 1.54) is 23.5 Å². The van der Waals surface area contributed by atoms with E-state index in [0.29, 0.717) is 11.0 Å². The summed E-state index contributed by atoms with van der Waals surface area (Å²) in [6, 6.07) is 7.16. The number of aliphatic hydroxyl groups excluding tert-OH is 1. The van der Waals surface area contributed by atoms with Crippen molar-refractivity contribution in [3.63, 3.8) is 0 Å². The van der Waals surface area contributed by atoms with Crippen LogP contribution in [0.25, 0.3) is 22.2 Å². The molecule has 0 aliphatic carbocycles. The molecule has 1 aromatic carbocycles. The van der Waals surface area contributed by atoms with Crippen molar-refractivity contribution < 1.29 is 46.5 Å². The summed E-state index contributed by atoms with van der Waals surface area (Å²) >= 11 is 9.30. The van der Waals surface area contributed by atoms with Gasteiger partial charge in [0.15, 0.2) is 30.1 Å². The lowest BCUT2D eigenvalue weighted by Crippen LogP contribution is -2.35. The number of aliphatic hydroxyl groups is 1. The Morgan fingerprint density at radius 1 is 1.00 bits per heavy atom. The molecule has 10 atom stereocenters. The summed E-state index contributed by atoms with van der Waals surface area (Å²) in [5.74, 6) is 0.0757. The van der Waals surface area contributed by atoms with Gasteiger partial charge in [0, 0.05) is 0 Å². The predicted octanol–water partition coefficient (Wildman–Crippen LogP) is 2.02. The second kappa shape index (κ2) is 11.0. The van der Waals surface area contributed by atoms with Gasteiger partial charge in [-0.05, 0) is 23.9 Å². The van der Waals surface area contributed by atoms with Gasteiger partial charge in [-0.1, -0.05) is 24.4 Å². The molecule has 230 valence electrons. The number of fused-ring (bicyclic) bond motifs is 5. The topological polar surface area (TPSA) is 200 Å². The minimum atomic E-state index is -4.31. The standard InChI is InChI=1S/C22H24FN7O9P2S2/c23-14-17-13(37-21(14)30-9-28-15-19(24)25-7-26-20(15)30)6-35-41(33,43)39-18-16(31)12(5-34-40(32,42)38-17)36-22(18)29-8-27-10-3-1-2-4-11(10)29/h1-4,7-9,12-14,16-18,21-22,31H,5-6H2,(H,32,42)(H,33,43)(H2,24,25,26)/t12-,13-,14?,16?,17?,18?,21-,22-,40?,41?/m1/s1. The average Bonchev–Trinajstić information content (AvgIpc) is 3.72. The first-order valence-corrected chi connectivity index (χ1v) is 18.1. The first kappa shape index (κ1) is 29.6. The van der Waals surface area contributed by atoms with Crippen LogP contribution in [0.3, 0.4) is 0 Å². The number of aromatic nitrogens is 6. The van der Waals surface area contributed by atoms with Crippen LogP contribution in [0.2, 0.25) is 0 Å². The molecule has 0 amide bonds. The Hall–Kier alpha value is -2.12. The van der Waals surface area contributed by atoms with Crippen molar-refractivity contribution in [1.82, 2.24) is 29.1 Å². The lowest BCUT2D eigenvalue weighted by molar-refractivity contribution is -0.0585. The van der Waals surface area contributed by atoms with Crippen molar-refractivity contribution >= 4 is 65.6 Å². The lowest BCUT2D eigenvalue weighted by atomic mass is 10.1. The molecule has 0 radical (unpaired) electrons. The number of halogens is 1. The van der Waals surface area contributed by atoms with Crippen LogP contribution in [-0.2, 0) is 43.9 Å². The van der Waals surface area contributed by atoms with Gasteiger partial charge >= 0.3 is 13.5 Å². The molecule has 43 heavy (non-hydrogen) atoms. The van der Waals surface area contributed by atoms with Crippen molar-refractivity contribution in [3.8, 4) is 0 Å². The zero-order chi connectivity index (χ0) is 30.1. The minimum absolute atomic E-state index is 0.0757. The van der Waals surface area contributed by atoms with Crippen molar-refractivity contribution in [3.05, 3.63) is 43.2 Å². The first-order valence-electron chi connectivity index (χ1n) is 12.8. The van der Waals surface area contributed by atoms with E-state index in [0.717, 1.165) is 0 Å². The zero-order valence-electron chi connectivity index (χ0n) is 21.7. The smallest absolute Gasteiger partial charge is 0.386 e. The van der Waals surface area contributed by atoms with Crippen molar-refractivity contribution in [2.45, 2.75) is 49.1 Å². The molecule has 4 N–H and O–H groups in total. The number of rotatable bonds is 2. The molecule has 2 bridgehead atoms. The largest absolute Gasteiger partial charge is 0.387 e. The number of ether oxygens (including phenoxy) is 2. The van der Waals surface area contributed by atoms with Crippen LogP contribution in [0.5, 0.6) is 0 Å². The highest BCUT2D eigenvalue weighted by molar-refractivity contribution is 8.44. The van der Waals surface area contributed by atoms with E-state index in [-0.39, 0.29) is 17.0 Å². The summed E-state index contributed by atoms with van der Waals surface area (Å²) in [5.41, 5.74) is 7.54. The quantitative estimate of drug-likeness (QED) is 0.178. The van der Waals surface area contributed by atoms with Crippen LogP contribution in [-0.4, -0.2) is 89.0 Å². The molecule has 3 fully saturated rings. The van der Waals surface area contributed by atoms with Gasteiger partial charge in [-0.2, -0.15) is 0 Å². The van der Waals surface area contributed by atoms with Crippen LogP contribution in [0.4, 0.5) is 10.2 Å². The maximum Gasteiger partial charge on any atom is 0.386 e. The number of thiol groups is 1. The molecule has 0 spiro atoms. The van der Waals surface area contributed by atoms with Crippen LogP contribution < -0.4 is 5.73 Å². The summed E-state index contributed by atoms with van der Waals surface area (Å²) in [4.78, 5) is 27.5. The fraction of sp³-hybridized carbons (Fsp3) is 0.455. The Bertz CT molecular complexity index is 1780. The highest BCUT2D eigenvalue weighted by Gasteiger charge is 2.53. The fourth-order valence-corrected chi connectivity index (χ4v) is 8.21. The summed E-state index contributed by atoms with van der Waals surface area (Å²) < 4.78 is 66.5. The SMILES string of the molecule is Nc1ncnc2c1ncn2[C@@H]1O[C@@H]2COP(O)(=S)OC3C(O)[C@@H](COP(=O)(S)OC2C1F)O[C@H]3n1cnc2ccccc21. The maximum absolute atomic E-state index is 16.0. The van der Waals surface area contributed by atoms with Crippen molar-refractivity contribution in [2.24, 2.45) is 0 Å². The summed E-state index contributed by atoms with van der Waals surface area (Å²) in [7, 11) is 0. The Balaban J connectivity index is 1.20. The minimum Gasteiger partial charge on any atom is -0.387 e. The third-order valence-electron chi connectivity index (χ3n) is 7.31. The molecule has 21 heteroatoms. The lowest BCUT2D eigenvalue weighted by Gasteiger charge is -2.27. The Labute approximate surface area is 252 Å². The molecule has 3 saturated heterocycles. The second-order valence-corrected chi connectivity index (χ2v) is 15.6. The van der Waals surface area contributed by atoms with E-state index in [9.17, 15) is 14.6 Å². The number of hydrogen-bond donors (Lipinski definition) is 4. The number of imidazole rings is 2. The van der Waals surface area contributed by atoms with Gasteiger partial charge in [0.25, 0.3) is 0 Å². The van der Waals surface area contributed by atoms with Gasteiger partial charge in [-0.3, -0.25) is 18.1 Å². The first-order chi connectivity index (χ1) is 20.5. The number of benzene rings is 1. The van der Waals surface area contributed by atoms with E-state index in [4.69, 9.17) is 45.1 Å². The molecule has 3 aliphatic heterocycles. The van der Waals surface area contributed by atoms with Crippen LogP contribution in [0, 0.1) is 0 Å². The number of para-hydroxylation sites is 2. The molecule has 4 aromatic rings. The number of nitrogen functional groups attached to an aromatic ring is 1. The Kier molecular flexibility index (Phi) is 7.60. The van der Waals surface area contributed by atoms with Gasteiger partial charge < -0.3 is 34.3 Å². The monoisotopic (exact) mass is 675 g/mol. The fourth-order valence-electron chi connectivity index (χ4n) is 5.31. The van der Waals surface area contributed by atoms with Crippen LogP contribution in [0.15, 0.2) is 43.2 Å². The molecular formula is C22H24FN7O9P2S2. The van der Waals surface area contributed by atoms with Crippen molar-refractivity contribution in [2.75, 3.05) is 18.9 Å². The van der Waals surface area contributed by atoms with E-state index in [2.05, 4.69) is 32.2 Å². The predicted molar refractivity (Wildman–Crippen MR) is 153 cm³/mol. The molecule has 7 rings (SSSR count). The zero-order valence-corrected chi connectivity index (χ0v) is 25.2. The maximum atomic E-state index is 16.0. The molecule has 6 unspecified atom stereocenters. The Morgan fingerprint density at radius 2 is 1.74 bits per heavy atom. The third kappa shape index (κ3) is 5.41. The van der Waals surface area contributed by atoms with E-state index in [1.807, 2.05) is 6.07 Å². The molecule has 0 saturated carbocycles. The van der Waals surface area contributed by atoms with E-state index in [1.54, 1.807) is 22.8 Å². The van der Waals surface area contributed by atoms with Crippen LogP contribution in [0.1, 0.15) is 12.5 Å². The van der Waals surface area contributed by atoms with Crippen LogP contribution >= 0.6 is 25.8 Å². The third-order valence-corrected chi connectivity index (χ3v) is 10.5. The highest BCUT2D eigenvalue weighted by atomic mass is 32.7. The summed E-state index contributed by atoms with van der Waals surface area (Å²) in [5, 5.41) is 11.1. The molecular weight excluding hydrogens is 651 g/mol. The number of anilines is 1. The molecule has 16 nitrogen and oxygen atoms in total. The number of alkyl halides is 1. The highest BCUT2D eigenvalue weighted by Crippen LogP contribution is 2.58. The second-order valence-electron chi connectivity index (χ2n) is 9.96. The Morgan fingerprint density at radius 3 is 2.58 bits per heavy atom. The van der Waals surface area contributed by atoms with Gasteiger partial charge in [-0.25, -0.2) is 28.9 Å². The summed E-state index contributed by atoms with van der Waals surface area (Å²) in [6.45, 7) is -9.51. The van der Waals surface area contributed by atoms with Gasteiger partial charge in [0.2, 0.25) is 0 Å². The number of nitrogens with two attached hydrogens (primary N) is 1.